The second-order valence-corrected chi connectivity index (χ2v) is 5.41. The summed E-state index contributed by atoms with van der Waals surface area (Å²) in [5.41, 5.74) is 0. The van der Waals surface area contributed by atoms with Crippen molar-refractivity contribution in [2.75, 3.05) is 13.1 Å². The fraction of sp³-hybridized carbons (Fsp3) is 0.286. The van der Waals surface area contributed by atoms with Crippen molar-refractivity contribution in [3.05, 3.63) is 35.0 Å². The van der Waals surface area contributed by atoms with Gasteiger partial charge in [0.2, 0.25) is 0 Å². The van der Waals surface area contributed by atoms with Gasteiger partial charge in [-0.2, -0.15) is 0 Å². The molecule has 0 saturated heterocycles. The third-order valence-electron chi connectivity index (χ3n) is 2.96. The number of halogens is 1. The first-order valence-corrected chi connectivity index (χ1v) is 7.03. The van der Waals surface area contributed by atoms with E-state index < -0.39 is 5.97 Å². The number of amides is 1. The average molecular weight is 295 g/mol. The average Bonchev–Trinajstić information content (AvgIpc) is 2.81. The van der Waals surface area contributed by atoms with Crippen LogP contribution in [-0.4, -0.2) is 35.0 Å². The Morgan fingerprint density at radius 1 is 1.35 bits per heavy atom. The third-order valence-corrected chi connectivity index (χ3v) is 4.04. The molecule has 0 aliphatic rings. The van der Waals surface area contributed by atoms with E-state index in [1.54, 1.807) is 19.1 Å². The zero-order valence-electron chi connectivity index (χ0n) is 10.9. The minimum atomic E-state index is -0.935. The summed E-state index contributed by atoms with van der Waals surface area (Å²) in [7, 11) is 0. The van der Waals surface area contributed by atoms with Gasteiger partial charge in [0.05, 0.1) is 11.3 Å². The van der Waals surface area contributed by atoms with Crippen molar-refractivity contribution in [2.45, 2.75) is 13.3 Å². The van der Waals surface area contributed by atoms with Crippen LogP contribution in [0, 0.1) is 5.82 Å². The first kappa shape index (κ1) is 14.5. The quantitative estimate of drug-likeness (QED) is 0.922. The molecule has 6 heteroatoms. The summed E-state index contributed by atoms with van der Waals surface area (Å²) in [4.78, 5) is 24.9. The molecule has 106 valence electrons. The van der Waals surface area contributed by atoms with E-state index in [0.29, 0.717) is 16.1 Å². The normalized spacial score (nSPS) is 10.7. The smallest absolute Gasteiger partial charge is 0.305 e. The van der Waals surface area contributed by atoms with Crippen LogP contribution in [0.15, 0.2) is 24.3 Å². The van der Waals surface area contributed by atoms with Gasteiger partial charge in [0.15, 0.2) is 0 Å². The van der Waals surface area contributed by atoms with Crippen LogP contribution in [0.25, 0.3) is 10.1 Å². The van der Waals surface area contributed by atoms with Crippen LogP contribution < -0.4 is 0 Å². The number of carboxylic acids is 1. The van der Waals surface area contributed by atoms with Crippen molar-refractivity contribution < 1.29 is 19.1 Å². The molecule has 2 rings (SSSR count). The van der Waals surface area contributed by atoms with Crippen molar-refractivity contribution in [2.24, 2.45) is 0 Å². The molecule has 0 saturated carbocycles. The van der Waals surface area contributed by atoms with Crippen molar-refractivity contribution >= 4 is 33.3 Å². The molecular formula is C14H14FNO3S. The Hall–Kier alpha value is -1.95. The highest BCUT2D eigenvalue weighted by Gasteiger charge is 2.17. The molecule has 4 nitrogen and oxygen atoms in total. The molecule has 0 aliphatic heterocycles. The number of carboxylic acid groups (broad SMARTS) is 1. The summed E-state index contributed by atoms with van der Waals surface area (Å²) < 4.78 is 13.8. The molecule has 0 fully saturated rings. The molecule has 0 atom stereocenters. The highest BCUT2D eigenvalue weighted by atomic mass is 32.1. The summed E-state index contributed by atoms with van der Waals surface area (Å²) in [6.45, 7) is 2.41. The summed E-state index contributed by atoms with van der Waals surface area (Å²) in [6, 6.07) is 6.09. The molecule has 1 aromatic heterocycles. The Kier molecular flexibility index (Phi) is 4.34. The van der Waals surface area contributed by atoms with Crippen LogP contribution in [0.5, 0.6) is 0 Å². The molecule has 0 bridgehead atoms. The molecule has 1 amide bonds. The van der Waals surface area contributed by atoms with E-state index in [4.69, 9.17) is 5.11 Å². The second-order valence-electron chi connectivity index (χ2n) is 4.32. The monoisotopic (exact) mass is 295 g/mol. The Morgan fingerprint density at radius 3 is 2.75 bits per heavy atom. The second kappa shape index (κ2) is 6.00. The highest BCUT2D eigenvalue weighted by Crippen LogP contribution is 2.27. The fourth-order valence-electron chi connectivity index (χ4n) is 1.90. The number of nitrogens with zero attached hydrogens (tertiary/aromatic N) is 1. The highest BCUT2D eigenvalue weighted by molar-refractivity contribution is 7.20. The van der Waals surface area contributed by atoms with E-state index in [9.17, 15) is 14.0 Å². The van der Waals surface area contributed by atoms with E-state index >= 15 is 0 Å². The Morgan fingerprint density at radius 2 is 2.10 bits per heavy atom. The SMILES string of the molecule is CCN(CCC(=O)O)C(=O)c1cc2ccc(F)cc2s1. The minimum Gasteiger partial charge on any atom is -0.481 e. The molecule has 0 unspecified atom stereocenters. The Labute approximate surface area is 119 Å². The lowest BCUT2D eigenvalue weighted by molar-refractivity contribution is -0.137. The number of carbonyl (C=O) groups excluding carboxylic acids is 1. The van der Waals surface area contributed by atoms with E-state index in [1.807, 2.05) is 0 Å². The summed E-state index contributed by atoms with van der Waals surface area (Å²) in [5.74, 6) is -1.48. The molecule has 1 heterocycles. The number of benzene rings is 1. The van der Waals surface area contributed by atoms with E-state index in [-0.39, 0.29) is 24.7 Å². The lowest BCUT2D eigenvalue weighted by Gasteiger charge is -2.18. The summed E-state index contributed by atoms with van der Waals surface area (Å²) >= 11 is 1.22. The maximum absolute atomic E-state index is 13.1. The van der Waals surface area contributed by atoms with Gasteiger partial charge in [-0.05, 0) is 30.5 Å². The number of fused-ring (bicyclic) bond motifs is 1. The largest absolute Gasteiger partial charge is 0.481 e. The minimum absolute atomic E-state index is 0.0842. The molecule has 0 spiro atoms. The number of thiophene rings is 1. The fourth-order valence-corrected chi connectivity index (χ4v) is 2.96. The van der Waals surface area contributed by atoms with E-state index in [2.05, 4.69) is 0 Å². The first-order valence-electron chi connectivity index (χ1n) is 6.21. The van der Waals surface area contributed by atoms with E-state index in [1.165, 1.54) is 28.4 Å². The molecular weight excluding hydrogens is 281 g/mol. The zero-order valence-corrected chi connectivity index (χ0v) is 11.7. The first-order chi connectivity index (χ1) is 9.51. The number of aliphatic carboxylic acids is 1. The molecule has 20 heavy (non-hydrogen) atoms. The zero-order chi connectivity index (χ0) is 14.7. The maximum atomic E-state index is 13.1. The van der Waals surface area contributed by atoms with E-state index in [0.717, 1.165) is 5.39 Å². The molecule has 0 radical (unpaired) electrons. The number of carbonyl (C=O) groups is 2. The van der Waals surface area contributed by atoms with Gasteiger partial charge in [-0.15, -0.1) is 11.3 Å². The van der Waals surface area contributed by atoms with Gasteiger partial charge in [0, 0.05) is 17.8 Å². The third kappa shape index (κ3) is 3.14. The lowest BCUT2D eigenvalue weighted by Crippen LogP contribution is -2.32. The predicted molar refractivity (Wildman–Crippen MR) is 75.6 cm³/mol. The van der Waals surface area contributed by atoms with Crippen LogP contribution in [0.3, 0.4) is 0 Å². The van der Waals surface area contributed by atoms with Gasteiger partial charge in [0.25, 0.3) is 5.91 Å². The Balaban J connectivity index is 2.22. The molecule has 1 aromatic carbocycles. The summed E-state index contributed by atoms with van der Waals surface area (Å²) in [6.07, 6.45) is -0.0842. The Bertz CT molecular complexity index is 653. The van der Waals surface area contributed by atoms with Crippen LogP contribution in [0.1, 0.15) is 23.0 Å². The van der Waals surface area contributed by atoms with Crippen LogP contribution in [-0.2, 0) is 4.79 Å². The number of rotatable bonds is 5. The van der Waals surface area contributed by atoms with Crippen LogP contribution in [0.4, 0.5) is 4.39 Å². The van der Waals surface area contributed by atoms with Crippen LogP contribution >= 0.6 is 11.3 Å². The van der Waals surface area contributed by atoms with Gasteiger partial charge >= 0.3 is 5.97 Å². The maximum Gasteiger partial charge on any atom is 0.305 e. The van der Waals surface area contributed by atoms with Gasteiger partial charge < -0.3 is 10.0 Å². The number of hydrogen-bond donors (Lipinski definition) is 1. The van der Waals surface area contributed by atoms with Gasteiger partial charge in [-0.1, -0.05) is 6.07 Å². The molecule has 0 aliphatic carbocycles. The van der Waals surface area contributed by atoms with Crippen molar-refractivity contribution in [3.63, 3.8) is 0 Å². The predicted octanol–water partition coefficient (Wildman–Crippen LogP) is 2.98. The molecule has 2 aromatic rings. The van der Waals surface area contributed by atoms with Gasteiger partial charge in [-0.3, -0.25) is 9.59 Å². The standard InChI is InChI=1S/C14H14FNO3S/c1-2-16(6-5-13(17)18)14(19)12-7-9-3-4-10(15)8-11(9)20-12/h3-4,7-8H,2,5-6H2,1H3,(H,17,18). The molecule has 1 N–H and O–H groups in total. The number of hydrogen-bond acceptors (Lipinski definition) is 3. The van der Waals surface area contributed by atoms with Crippen molar-refractivity contribution in [3.8, 4) is 0 Å². The topological polar surface area (TPSA) is 57.6 Å². The van der Waals surface area contributed by atoms with Crippen molar-refractivity contribution in [1.29, 1.82) is 0 Å². The van der Waals surface area contributed by atoms with Gasteiger partial charge in [0.1, 0.15) is 5.82 Å². The lowest BCUT2D eigenvalue weighted by atomic mass is 10.2. The van der Waals surface area contributed by atoms with Crippen LogP contribution in [0.2, 0.25) is 0 Å². The van der Waals surface area contributed by atoms with Crippen molar-refractivity contribution in [1.82, 2.24) is 4.90 Å². The summed E-state index contributed by atoms with van der Waals surface area (Å²) in [5, 5.41) is 9.49. The van der Waals surface area contributed by atoms with Gasteiger partial charge in [-0.25, -0.2) is 4.39 Å².